The number of nitrogens with one attached hydrogen (secondary N) is 1. The highest BCUT2D eigenvalue weighted by Crippen LogP contribution is 2.35. The second kappa shape index (κ2) is 6.12. The van der Waals surface area contributed by atoms with E-state index in [0.29, 0.717) is 6.04 Å². The Balaban J connectivity index is 1.73. The zero-order chi connectivity index (χ0) is 17.6. The number of hydrogen-bond donors (Lipinski definition) is 1. The fraction of sp³-hybridized carbons (Fsp3) is 0.250. The third kappa shape index (κ3) is 2.98. The van der Waals surface area contributed by atoms with Gasteiger partial charge in [-0.15, -0.1) is 0 Å². The van der Waals surface area contributed by atoms with Crippen LogP contribution in [0.5, 0.6) is 0 Å². The number of fused-ring (bicyclic) bond motifs is 1. The summed E-state index contributed by atoms with van der Waals surface area (Å²) in [6, 6.07) is 12.6. The van der Waals surface area contributed by atoms with Gasteiger partial charge in [0, 0.05) is 46.6 Å². The van der Waals surface area contributed by atoms with Crippen LogP contribution in [0.4, 0.5) is 5.69 Å². The van der Waals surface area contributed by atoms with E-state index < -0.39 is 0 Å². The van der Waals surface area contributed by atoms with E-state index in [1.54, 1.807) is 0 Å². The van der Waals surface area contributed by atoms with Crippen LogP contribution in [-0.4, -0.2) is 22.6 Å². The molecule has 0 saturated carbocycles. The first-order valence-electron chi connectivity index (χ1n) is 8.47. The molecular weight excluding hydrogens is 332 g/mol. The standard InChI is InChI=1S/C20H21ClN4/c1-13-8-16(9-14(2)23-13)19-10-22-25-15(3)11-24(12-20(19)25)18-6-4-17(21)5-7-18/h4-10,12,15,22H,11H2,1-3H3/t15-/m0/s1. The van der Waals surface area contributed by atoms with Crippen molar-refractivity contribution in [1.29, 1.82) is 0 Å². The molecule has 0 fully saturated rings. The Morgan fingerprint density at radius 1 is 1.12 bits per heavy atom. The maximum Gasteiger partial charge on any atom is 0.0831 e. The van der Waals surface area contributed by atoms with E-state index in [2.05, 4.69) is 63.9 Å². The van der Waals surface area contributed by atoms with Crippen LogP contribution in [-0.2, 0) is 0 Å². The second-order valence-electron chi connectivity index (χ2n) is 6.69. The Morgan fingerprint density at radius 2 is 1.80 bits per heavy atom. The Kier molecular flexibility index (Phi) is 3.92. The molecule has 128 valence electrons. The minimum absolute atomic E-state index is 0.341. The maximum atomic E-state index is 6.03. The van der Waals surface area contributed by atoms with Crippen LogP contribution >= 0.6 is 11.6 Å². The average Bonchev–Trinajstić information content (AvgIpc) is 2.99. The van der Waals surface area contributed by atoms with Crippen molar-refractivity contribution >= 4 is 22.9 Å². The van der Waals surface area contributed by atoms with Crippen molar-refractivity contribution in [2.45, 2.75) is 26.8 Å². The van der Waals surface area contributed by atoms with Gasteiger partial charge in [0.15, 0.2) is 0 Å². The molecule has 0 spiro atoms. The van der Waals surface area contributed by atoms with Crippen molar-refractivity contribution < 1.29 is 0 Å². The molecule has 25 heavy (non-hydrogen) atoms. The number of nitrogens with zero attached hydrogens (tertiary/aromatic N) is 3. The lowest BCUT2D eigenvalue weighted by molar-refractivity contribution is 0.232. The second-order valence-corrected chi connectivity index (χ2v) is 7.12. The van der Waals surface area contributed by atoms with E-state index >= 15 is 0 Å². The molecule has 1 atom stereocenters. The lowest BCUT2D eigenvalue weighted by Crippen LogP contribution is -2.47. The van der Waals surface area contributed by atoms with Crippen molar-refractivity contribution in [2.75, 3.05) is 11.4 Å². The summed E-state index contributed by atoms with van der Waals surface area (Å²) in [6.45, 7) is 7.21. The molecule has 0 amide bonds. The first kappa shape index (κ1) is 16.0. The topological polar surface area (TPSA) is 31.4 Å². The highest BCUT2D eigenvalue weighted by atomic mass is 35.5. The molecule has 0 bridgehead atoms. The Morgan fingerprint density at radius 3 is 2.48 bits per heavy atom. The number of hydrogen-bond acceptors (Lipinski definition) is 4. The Bertz CT molecular complexity index is 850. The first-order chi connectivity index (χ1) is 12.0. The number of aromatic nitrogens is 1. The predicted molar refractivity (Wildman–Crippen MR) is 103 cm³/mol. The van der Waals surface area contributed by atoms with Crippen LogP contribution < -0.4 is 10.3 Å². The first-order valence-corrected chi connectivity index (χ1v) is 8.85. The van der Waals surface area contributed by atoms with Crippen LogP contribution in [0, 0.1) is 13.8 Å². The fourth-order valence-electron chi connectivity index (χ4n) is 3.50. The molecule has 0 aliphatic carbocycles. The van der Waals surface area contributed by atoms with Gasteiger partial charge in [-0.05, 0) is 62.7 Å². The van der Waals surface area contributed by atoms with Gasteiger partial charge in [0.25, 0.3) is 0 Å². The lowest BCUT2D eigenvalue weighted by atomic mass is 10.0. The van der Waals surface area contributed by atoms with Crippen LogP contribution in [0.15, 0.2) is 54.5 Å². The fourth-order valence-corrected chi connectivity index (χ4v) is 3.63. The molecule has 0 unspecified atom stereocenters. The van der Waals surface area contributed by atoms with Crippen molar-refractivity contribution in [1.82, 2.24) is 15.4 Å². The molecule has 1 N–H and O–H groups in total. The zero-order valence-electron chi connectivity index (χ0n) is 14.6. The van der Waals surface area contributed by atoms with E-state index in [1.807, 2.05) is 26.0 Å². The summed E-state index contributed by atoms with van der Waals surface area (Å²) in [4.78, 5) is 6.78. The summed E-state index contributed by atoms with van der Waals surface area (Å²) < 4.78 is 0. The SMILES string of the molecule is Cc1cc(C2=CNN3C2=CN(c2ccc(Cl)cc2)C[C@@H]3C)cc(C)n1. The molecular formula is C20H21ClN4. The van der Waals surface area contributed by atoms with Gasteiger partial charge in [-0.1, -0.05) is 11.6 Å². The van der Waals surface area contributed by atoms with Crippen LogP contribution in [0.2, 0.25) is 5.02 Å². The normalized spacial score (nSPS) is 19.3. The number of aryl methyl sites for hydroxylation is 2. The predicted octanol–water partition coefficient (Wildman–Crippen LogP) is 4.26. The van der Waals surface area contributed by atoms with Gasteiger partial charge in [0.05, 0.1) is 11.7 Å². The summed E-state index contributed by atoms with van der Waals surface area (Å²) in [5.41, 5.74) is 10.2. The number of hydrazine groups is 1. The van der Waals surface area contributed by atoms with Gasteiger partial charge < -0.3 is 10.3 Å². The van der Waals surface area contributed by atoms with Crippen molar-refractivity contribution in [3.05, 3.63) is 76.5 Å². The molecule has 3 heterocycles. The minimum Gasteiger partial charge on any atom is -0.344 e. The summed E-state index contributed by atoms with van der Waals surface area (Å²) in [5.74, 6) is 0. The molecule has 0 saturated heterocycles. The number of rotatable bonds is 2. The van der Waals surface area contributed by atoms with Gasteiger partial charge >= 0.3 is 0 Å². The number of benzene rings is 1. The summed E-state index contributed by atoms with van der Waals surface area (Å²) in [5, 5.41) is 2.99. The molecule has 1 aromatic carbocycles. The molecule has 0 radical (unpaired) electrons. The summed E-state index contributed by atoms with van der Waals surface area (Å²) in [6.07, 6.45) is 4.29. The highest BCUT2D eigenvalue weighted by Gasteiger charge is 2.31. The molecule has 2 aliphatic heterocycles. The Labute approximate surface area is 153 Å². The van der Waals surface area contributed by atoms with E-state index in [-0.39, 0.29) is 0 Å². The molecule has 4 nitrogen and oxygen atoms in total. The molecule has 4 rings (SSSR count). The van der Waals surface area contributed by atoms with Gasteiger partial charge in [-0.2, -0.15) is 0 Å². The molecule has 5 heteroatoms. The van der Waals surface area contributed by atoms with Crippen LogP contribution in [0.25, 0.3) is 5.57 Å². The van der Waals surface area contributed by atoms with Gasteiger partial charge in [-0.3, -0.25) is 9.99 Å². The number of halogens is 1. The summed E-state index contributed by atoms with van der Waals surface area (Å²) >= 11 is 6.03. The van der Waals surface area contributed by atoms with Crippen LogP contribution in [0.1, 0.15) is 23.9 Å². The highest BCUT2D eigenvalue weighted by molar-refractivity contribution is 6.30. The maximum absolute atomic E-state index is 6.03. The largest absolute Gasteiger partial charge is 0.344 e. The van der Waals surface area contributed by atoms with Crippen LogP contribution in [0.3, 0.4) is 0 Å². The molecule has 2 aromatic rings. The minimum atomic E-state index is 0.341. The quantitative estimate of drug-likeness (QED) is 0.874. The zero-order valence-corrected chi connectivity index (χ0v) is 15.4. The number of pyridine rings is 1. The van der Waals surface area contributed by atoms with E-state index in [1.165, 1.54) is 16.8 Å². The van der Waals surface area contributed by atoms with Crippen molar-refractivity contribution in [3.8, 4) is 0 Å². The van der Waals surface area contributed by atoms with E-state index in [0.717, 1.165) is 28.6 Å². The molecule has 2 aliphatic rings. The van der Waals surface area contributed by atoms with Gasteiger partial charge in [-0.25, -0.2) is 0 Å². The third-order valence-electron chi connectivity index (χ3n) is 4.61. The van der Waals surface area contributed by atoms with Crippen molar-refractivity contribution in [3.63, 3.8) is 0 Å². The third-order valence-corrected chi connectivity index (χ3v) is 4.87. The monoisotopic (exact) mass is 352 g/mol. The van der Waals surface area contributed by atoms with Crippen molar-refractivity contribution in [2.24, 2.45) is 0 Å². The Hall–Kier alpha value is -2.46. The average molecular weight is 353 g/mol. The smallest absolute Gasteiger partial charge is 0.0831 e. The van der Waals surface area contributed by atoms with Gasteiger partial charge in [0.2, 0.25) is 0 Å². The van der Waals surface area contributed by atoms with E-state index in [9.17, 15) is 0 Å². The number of allylic oxidation sites excluding steroid dienone is 1. The van der Waals surface area contributed by atoms with Gasteiger partial charge in [0.1, 0.15) is 0 Å². The lowest BCUT2D eigenvalue weighted by Gasteiger charge is -2.38. The number of anilines is 1. The summed E-state index contributed by atoms with van der Waals surface area (Å²) in [7, 11) is 0. The van der Waals surface area contributed by atoms with E-state index in [4.69, 9.17) is 11.6 Å². The molecule has 1 aromatic heterocycles.